The van der Waals surface area contributed by atoms with E-state index in [4.69, 9.17) is 0 Å². The van der Waals surface area contributed by atoms with Crippen LogP contribution in [-0.4, -0.2) is 53.8 Å². The number of hydrogen-bond donors (Lipinski definition) is 1. The summed E-state index contributed by atoms with van der Waals surface area (Å²) in [6.45, 7) is 6.05. The van der Waals surface area contributed by atoms with Crippen molar-refractivity contribution in [2.75, 3.05) is 37.6 Å². The van der Waals surface area contributed by atoms with Gasteiger partial charge >= 0.3 is 0 Å². The normalized spacial score (nSPS) is 23.8. The predicted molar refractivity (Wildman–Crippen MR) is 109 cm³/mol. The van der Waals surface area contributed by atoms with Crippen LogP contribution in [0, 0.1) is 0 Å². The molecule has 1 N–H and O–H groups in total. The molecular weight excluding hydrogens is 358 g/mol. The first-order valence-electron chi connectivity index (χ1n) is 9.79. The SMILES string of the molecule is C[C@@H]1CN(CC(=O)N2CCc3ccc(S(=O)C4=CCCC=C4)cc32)CCN1. The van der Waals surface area contributed by atoms with Gasteiger partial charge in [0.25, 0.3) is 0 Å². The van der Waals surface area contributed by atoms with Crippen molar-refractivity contribution < 1.29 is 9.00 Å². The van der Waals surface area contributed by atoms with Gasteiger partial charge in [0.2, 0.25) is 5.91 Å². The Morgan fingerprint density at radius 2 is 2.19 bits per heavy atom. The molecule has 4 rings (SSSR count). The molecule has 0 bridgehead atoms. The van der Waals surface area contributed by atoms with Gasteiger partial charge in [-0.15, -0.1) is 0 Å². The Bertz CT molecular complexity index is 818. The van der Waals surface area contributed by atoms with Gasteiger partial charge in [0, 0.05) is 47.7 Å². The summed E-state index contributed by atoms with van der Waals surface area (Å²) in [5, 5.41) is 3.41. The van der Waals surface area contributed by atoms with E-state index in [0.717, 1.165) is 54.4 Å². The van der Waals surface area contributed by atoms with Crippen LogP contribution in [0.1, 0.15) is 25.3 Å². The van der Waals surface area contributed by atoms with Gasteiger partial charge < -0.3 is 10.2 Å². The van der Waals surface area contributed by atoms with Crippen molar-refractivity contribution in [3.63, 3.8) is 0 Å². The fourth-order valence-corrected chi connectivity index (χ4v) is 5.20. The van der Waals surface area contributed by atoms with Crippen LogP contribution in [0.2, 0.25) is 0 Å². The number of anilines is 1. The van der Waals surface area contributed by atoms with Crippen LogP contribution in [0.5, 0.6) is 0 Å². The largest absolute Gasteiger partial charge is 0.312 e. The Hall–Kier alpha value is -1.76. The maximum absolute atomic E-state index is 12.9. The predicted octanol–water partition coefficient (Wildman–Crippen LogP) is 2.21. The fourth-order valence-electron chi connectivity index (χ4n) is 4.03. The standard InChI is InChI=1S/C21H27N3O2S/c1-16-14-23(12-10-22-16)15-21(25)24-11-9-17-7-8-19(13-20(17)24)27(26)18-5-3-2-4-6-18/h3,5-8,13,16,22H,2,4,9-12,14-15H2,1H3/t16-,27?/m1/s1. The minimum Gasteiger partial charge on any atom is -0.312 e. The summed E-state index contributed by atoms with van der Waals surface area (Å²) in [7, 11) is -1.18. The van der Waals surface area contributed by atoms with Crippen LogP contribution in [0.4, 0.5) is 5.69 Å². The third-order valence-electron chi connectivity index (χ3n) is 5.45. The van der Waals surface area contributed by atoms with Crippen LogP contribution in [-0.2, 0) is 22.0 Å². The third kappa shape index (κ3) is 4.08. The molecular formula is C21H27N3O2S. The number of amides is 1. The van der Waals surface area contributed by atoms with Gasteiger partial charge in [-0.1, -0.05) is 18.2 Å². The van der Waals surface area contributed by atoms with Crippen molar-refractivity contribution in [2.45, 2.75) is 37.1 Å². The Balaban J connectivity index is 1.50. The Labute approximate surface area is 163 Å². The second kappa shape index (κ2) is 8.09. The molecule has 1 aromatic carbocycles. The van der Waals surface area contributed by atoms with Gasteiger partial charge in [0.1, 0.15) is 0 Å². The van der Waals surface area contributed by atoms with Crippen LogP contribution < -0.4 is 10.2 Å². The monoisotopic (exact) mass is 385 g/mol. The maximum Gasteiger partial charge on any atom is 0.241 e. The molecule has 1 saturated heterocycles. The molecule has 1 aromatic rings. The molecule has 0 saturated carbocycles. The van der Waals surface area contributed by atoms with E-state index in [-0.39, 0.29) is 5.91 Å². The first kappa shape index (κ1) is 18.6. The van der Waals surface area contributed by atoms with E-state index in [1.807, 2.05) is 29.2 Å². The molecule has 3 aliphatic rings. The molecule has 1 unspecified atom stereocenters. The van der Waals surface area contributed by atoms with Gasteiger partial charge in [-0.2, -0.15) is 0 Å². The average molecular weight is 386 g/mol. The summed E-state index contributed by atoms with van der Waals surface area (Å²) in [5.41, 5.74) is 2.11. The van der Waals surface area contributed by atoms with Crippen LogP contribution in [0.3, 0.4) is 0 Å². The Kier molecular flexibility index (Phi) is 5.57. The lowest BCUT2D eigenvalue weighted by Crippen LogP contribution is -2.52. The molecule has 5 nitrogen and oxygen atoms in total. The molecule has 2 aliphatic heterocycles. The third-order valence-corrected chi connectivity index (χ3v) is 6.87. The van der Waals surface area contributed by atoms with Crippen molar-refractivity contribution >= 4 is 22.4 Å². The first-order valence-corrected chi connectivity index (χ1v) is 10.9. The lowest BCUT2D eigenvalue weighted by atomic mass is 10.2. The van der Waals surface area contributed by atoms with E-state index in [1.54, 1.807) is 0 Å². The Morgan fingerprint density at radius 1 is 1.30 bits per heavy atom. The molecule has 6 heteroatoms. The number of benzene rings is 1. The lowest BCUT2D eigenvalue weighted by molar-refractivity contribution is -0.119. The molecule has 2 heterocycles. The molecule has 0 aromatic heterocycles. The fraction of sp³-hybridized carbons (Fsp3) is 0.476. The van der Waals surface area contributed by atoms with E-state index in [9.17, 15) is 9.00 Å². The number of piperazine rings is 1. The van der Waals surface area contributed by atoms with E-state index in [0.29, 0.717) is 19.1 Å². The average Bonchev–Trinajstić information content (AvgIpc) is 3.11. The number of hydrogen-bond acceptors (Lipinski definition) is 4. The minimum absolute atomic E-state index is 0.141. The van der Waals surface area contributed by atoms with Crippen molar-refractivity contribution in [2.24, 2.45) is 0 Å². The molecule has 27 heavy (non-hydrogen) atoms. The summed E-state index contributed by atoms with van der Waals surface area (Å²) in [4.78, 5) is 18.7. The number of nitrogens with zero attached hydrogens (tertiary/aromatic N) is 2. The van der Waals surface area contributed by atoms with Crippen molar-refractivity contribution in [1.82, 2.24) is 10.2 Å². The first-order chi connectivity index (χ1) is 13.1. The number of fused-ring (bicyclic) bond motifs is 1. The number of nitrogens with one attached hydrogen (secondary N) is 1. The summed E-state index contributed by atoms with van der Waals surface area (Å²) in [6.07, 6.45) is 8.91. The van der Waals surface area contributed by atoms with Gasteiger partial charge in [-0.25, -0.2) is 4.21 Å². The van der Waals surface area contributed by atoms with Crippen molar-refractivity contribution in [3.8, 4) is 0 Å². The highest BCUT2D eigenvalue weighted by atomic mass is 32.2. The summed E-state index contributed by atoms with van der Waals surface area (Å²) >= 11 is 0. The summed E-state index contributed by atoms with van der Waals surface area (Å²) in [5.74, 6) is 0.141. The number of allylic oxidation sites excluding steroid dienone is 3. The maximum atomic E-state index is 12.9. The summed E-state index contributed by atoms with van der Waals surface area (Å²) < 4.78 is 12.9. The zero-order valence-electron chi connectivity index (χ0n) is 15.8. The van der Waals surface area contributed by atoms with E-state index < -0.39 is 10.8 Å². The lowest BCUT2D eigenvalue weighted by Gasteiger charge is -2.32. The second-order valence-corrected chi connectivity index (χ2v) is 9.01. The van der Waals surface area contributed by atoms with E-state index >= 15 is 0 Å². The highest BCUT2D eigenvalue weighted by molar-refractivity contribution is 7.89. The number of rotatable bonds is 4. The highest BCUT2D eigenvalue weighted by Gasteiger charge is 2.28. The molecule has 0 spiro atoms. The second-order valence-electron chi connectivity index (χ2n) is 7.53. The molecule has 144 valence electrons. The van der Waals surface area contributed by atoms with Gasteiger partial charge in [-0.3, -0.25) is 9.69 Å². The van der Waals surface area contributed by atoms with Crippen LogP contribution >= 0.6 is 0 Å². The Morgan fingerprint density at radius 3 is 2.96 bits per heavy atom. The molecule has 1 fully saturated rings. The van der Waals surface area contributed by atoms with E-state index in [2.05, 4.69) is 29.3 Å². The molecule has 1 aliphatic carbocycles. The number of carbonyl (C=O) groups excluding carboxylic acids is 1. The molecule has 1 amide bonds. The summed E-state index contributed by atoms with van der Waals surface area (Å²) in [6, 6.07) is 6.36. The van der Waals surface area contributed by atoms with Crippen LogP contribution in [0.25, 0.3) is 0 Å². The van der Waals surface area contributed by atoms with Crippen molar-refractivity contribution in [3.05, 3.63) is 46.9 Å². The van der Waals surface area contributed by atoms with Crippen LogP contribution in [0.15, 0.2) is 46.2 Å². The van der Waals surface area contributed by atoms with Gasteiger partial charge in [-0.05, 0) is 50.0 Å². The molecule has 0 radical (unpaired) electrons. The minimum atomic E-state index is -1.18. The van der Waals surface area contributed by atoms with Gasteiger partial charge in [0.05, 0.1) is 17.3 Å². The molecule has 2 atom stereocenters. The van der Waals surface area contributed by atoms with Crippen molar-refractivity contribution in [1.29, 1.82) is 0 Å². The van der Waals surface area contributed by atoms with E-state index in [1.165, 1.54) is 5.56 Å². The highest BCUT2D eigenvalue weighted by Crippen LogP contribution is 2.32. The smallest absolute Gasteiger partial charge is 0.241 e. The topological polar surface area (TPSA) is 52.7 Å². The zero-order chi connectivity index (χ0) is 18.8. The van der Waals surface area contributed by atoms with Gasteiger partial charge in [0.15, 0.2) is 0 Å². The zero-order valence-corrected chi connectivity index (χ0v) is 16.6. The quantitative estimate of drug-likeness (QED) is 0.863. The number of carbonyl (C=O) groups is 1.